The van der Waals surface area contributed by atoms with E-state index in [0.29, 0.717) is 17.8 Å². The zero-order valence-corrected chi connectivity index (χ0v) is 20.5. The van der Waals surface area contributed by atoms with Crippen LogP contribution in [0.3, 0.4) is 0 Å². The van der Waals surface area contributed by atoms with Crippen molar-refractivity contribution in [3.63, 3.8) is 0 Å². The molecule has 28 heavy (non-hydrogen) atoms. The average Bonchev–Trinajstić information content (AvgIpc) is 2.81. The maximum absolute atomic E-state index is 15.1. The third-order valence-electron chi connectivity index (χ3n) is 5.11. The summed E-state index contributed by atoms with van der Waals surface area (Å²) in [5.74, 6) is -0.750. The van der Waals surface area contributed by atoms with Gasteiger partial charge in [0.1, 0.15) is 13.8 Å². The third-order valence-corrected chi connectivity index (χ3v) is 14.6. The minimum atomic E-state index is -3.97. The van der Waals surface area contributed by atoms with Crippen molar-refractivity contribution in [1.82, 2.24) is 9.29 Å². The van der Waals surface area contributed by atoms with Gasteiger partial charge < -0.3 is 9.64 Å². The van der Waals surface area contributed by atoms with Crippen LogP contribution in [0.1, 0.15) is 52.0 Å². The van der Waals surface area contributed by atoms with Crippen LogP contribution in [-0.2, 0) is 27.7 Å². The number of halogens is 1. The molecule has 10 heteroatoms. The predicted molar refractivity (Wildman–Crippen MR) is 112 cm³/mol. The Morgan fingerprint density at radius 2 is 1.79 bits per heavy atom. The normalized spacial score (nSPS) is 16.1. The van der Waals surface area contributed by atoms with Gasteiger partial charge in [-0.2, -0.15) is 0 Å². The van der Waals surface area contributed by atoms with E-state index in [0.717, 1.165) is 11.3 Å². The minimum Gasteiger partial charge on any atom is -0.444 e. The van der Waals surface area contributed by atoms with Crippen LogP contribution in [0.2, 0.25) is 18.1 Å². The number of hydrogen-bond donors (Lipinski definition) is 1. The lowest BCUT2D eigenvalue weighted by Crippen LogP contribution is -2.54. The van der Waals surface area contributed by atoms with Crippen LogP contribution < -0.4 is 4.39 Å². The Labute approximate surface area is 172 Å². The molecule has 0 unspecified atom stereocenters. The molecular weight excluding hydrogens is 419 g/mol. The van der Waals surface area contributed by atoms with Crippen molar-refractivity contribution in [2.75, 3.05) is 6.54 Å². The molecule has 1 aliphatic heterocycles. The summed E-state index contributed by atoms with van der Waals surface area (Å²) in [6, 6.07) is 0. The van der Waals surface area contributed by atoms with Gasteiger partial charge in [-0.25, -0.2) is 22.0 Å². The lowest BCUT2D eigenvalue weighted by molar-refractivity contribution is 0.0223. The highest BCUT2D eigenvalue weighted by Crippen LogP contribution is 2.38. The maximum atomic E-state index is 15.1. The molecule has 0 saturated heterocycles. The molecule has 160 valence electrons. The molecule has 0 atom stereocenters. The Morgan fingerprint density at radius 3 is 2.29 bits per heavy atom. The lowest BCUT2D eigenvalue weighted by atomic mass is 10.1. The zero-order chi connectivity index (χ0) is 21.7. The molecule has 2 rings (SSSR count). The van der Waals surface area contributed by atoms with Gasteiger partial charge in [0.2, 0.25) is 10.0 Å². The smallest absolute Gasteiger partial charge is 0.410 e. The Balaban J connectivity index is 2.30. The Kier molecular flexibility index (Phi) is 6.14. The fourth-order valence-electron chi connectivity index (χ4n) is 2.52. The summed E-state index contributed by atoms with van der Waals surface area (Å²) in [5, 5.41) is -0.221. The minimum absolute atomic E-state index is 0.0161. The molecule has 0 aromatic carbocycles. The number of fused-ring (bicyclic) bond motifs is 1. The van der Waals surface area contributed by atoms with E-state index >= 15 is 4.39 Å². The third kappa shape index (κ3) is 4.95. The average molecular weight is 451 g/mol. The standard InChI is InChI=1S/C18H31FN2O4S2Si/c1-17(2,3)25-16(22)21-10-9-13-12(11-21)14(19)15(26-13)27(23,24)20-28(7,8)18(4,5)6/h20H,9-11H2,1-8H3. The second-order valence-corrected chi connectivity index (χ2v) is 18.1. The van der Waals surface area contributed by atoms with E-state index < -0.39 is 35.8 Å². The first-order valence-corrected chi connectivity index (χ1v) is 14.6. The fourth-order valence-corrected chi connectivity index (χ4v) is 9.19. The van der Waals surface area contributed by atoms with Crippen molar-refractivity contribution in [3.05, 3.63) is 16.3 Å². The Bertz CT molecular complexity index is 867. The van der Waals surface area contributed by atoms with Crippen molar-refractivity contribution < 1.29 is 22.3 Å². The molecule has 1 aromatic rings. The first-order valence-electron chi connectivity index (χ1n) is 9.26. The van der Waals surface area contributed by atoms with Crippen LogP contribution >= 0.6 is 11.3 Å². The molecule has 0 spiro atoms. The van der Waals surface area contributed by atoms with Gasteiger partial charge >= 0.3 is 6.09 Å². The predicted octanol–water partition coefficient (Wildman–Crippen LogP) is 4.46. The van der Waals surface area contributed by atoms with Crippen molar-refractivity contribution in [2.24, 2.45) is 0 Å². The Hall–Kier alpha value is -0.973. The molecule has 0 radical (unpaired) electrons. The highest BCUT2D eigenvalue weighted by Gasteiger charge is 2.42. The number of ether oxygens (including phenoxy) is 1. The van der Waals surface area contributed by atoms with E-state index in [1.165, 1.54) is 4.90 Å². The largest absolute Gasteiger partial charge is 0.444 e. The first-order chi connectivity index (χ1) is 12.4. The van der Waals surface area contributed by atoms with Gasteiger partial charge in [-0.15, -0.1) is 11.3 Å². The van der Waals surface area contributed by atoms with Crippen LogP contribution in [0.15, 0.2) is 4.21 Å². The van der Waals surface area contributed by atoms with E-state index in [-0.39, 0.29) is 21.4 Å². The number of rotatable bonds is 3. The summed E-state index contributed by atoms with van der Waals surface area (Å²) in [6.07, 6.45) is -0.112. The molecule has 0 bridgehead atoms. The van der Waals surface area contributed by atoms with Crippen molar-refractivity contribution in [3.8, 4) is 0 Å². The van der Waals surface area contributed by atoms with E-state index in [4.69, 9.17) is 4.74 Å². The number of hydrogen-bond acceptors (Lipinski definition) is 5. The van der Waals surface area contributed by atoms with E-state index in [9.17, 15) is 13.2 Å². The zero-order valence-electron chi connectivity index (χ0n) is 17.9. The summed E-state index contributed by atoms with van der Waals surface area (Å²) in [6.45, 7) is 15.5. The van der Waals surface area contributed by atoms with Crippen LogP contribution in [0.4, 0.5) is 9.18 Å². The summed E-state index contributed by atoms with van der Waals surface area (Å²) in [7, 11) is -6.37. The molecule has 1 amide bonds. The highest BCUT2D eigenvalue weighted by molar-refractivity contribution is 7.93. The van der Waals surface area contributed by atoms with Gasteiger partial charge in [-0.3, -0.25) is 0 Å². The van der Waals surface area contributed by atoms with Crippen molar-refractivity contribution >= 4 is 35.7 Å². The fraction of sp³-hybridized carbons (Fsp3) is 0.722. The van der Waals surface area contributed by atoms with E-state index in [1.54, 1.807) is 20.8 Å². The summed E-state index contributed by atoms with van der Waals surface area (Å²) in [5.41, 5.74) is -0.371. The summed E-state index contributed by atoms with van der Waals surface area (Å²) in [4.78, 5) is 14.4. The monoisotopic (exact) mass is 450 g/mol. The molecule has 6 nitrogen and oxygen atoms in total. The maximum Gasteiger partial charge on any atom is 0.410 e. The molecule has 1 N–H and O–H groups in total. The molecule has 2 heterocycles. The Morgan fingerprint density at radius 1 is 1.21 bits per heavy atom. The second kappa shape index (κ2) is 7.37. The quantitative estimate of drug-likeness (QED) is 0.690. The van der Waals surface area contributed by atoms with Crippen LogP contribution in [0.25, 0.3) is 0 Å². The molecule has 1 aromatic heterocycles. The number of carbonyl (C=O) groups excluding carboxylic acids is 1. The van der Waals surface area contributed by atoms with Crippen molar-refractivity contribution in [1.29, 1.82) is 0 Å². The number of thiophene rings is 1. The molecule has 0 fully saturated rings. The number of nitrogens with one attached hydrogen (secondary N) is 1. The number of sulfonamides is 1. The molecular formula is C18H31FN2O4S2Si. The first kappa shape index (κ1) is 23.3. The van der Waals surface area contributed by atoms with Crippen LogP contribution in [0, 0.1) is 5.82 Å². The lowest BCUT2D eigenvalue weighted by Gasteiger charge is -2.36. The van der Waals surface area contributed by atoms with E-state index in [1.807, 2.05) is 33.9 Å². The van der Waals surface area contributed by atoms with E-state index in [2.05, 4.69) is 4.39 Å². The van der Waals surface area contributed by atoms with Crippen molar-refractivity contribution in [2.45, 2.75) is 82.5 Å². The van der Waals surface area contributed by atoms with Gasteiger partial charge in [0.05, 0.1) is 6.54 Å². The van der Waals surface area contributed by atoms with Gasteiger partial charge in [-0.1, -0.05) is 33.9 Å². The van der Waals surface area contributed by atoms with Gasteiger partial charge in [0.25, 0.3) is 0 Å². The number of nitrogens with zero attached hydrogens (tertiary/aromatic N) is 1. The molecule has 1 aliphatic rings. The van der Waals surface area contributed by atoms with Crippen LogP contribution in [0.5, 0.6) is 0 Å². The van der Waals surface area contributed by atoms with Gasteiger partial charge in [0.15, 0.2) is 10.0 Å². The second-order valence-electron chi connectivity index (χ2n) is 9.74. The highest BCUT2D eigenvalue weighted by atomic mass is 32.2. The summed E-state index contributed by atoms with van der Waals surface area (Å²) < 4.78 is 48.8. The van der Waals surface area contributed by atoms with Crippen LogP contribution in [-0.4, -0.2) is 39.8 Å². The molecule has 0 aliphatic carbocycles. The van der Waals surface area contributed by atoms with Gasteiger partial charge in [-0.05, 0) is 25.8 Å². The summed E-state index contributed by atoms with van der Waals surface area (Å²) >= 11 is 0.965. The number of amides is 1. The topological polar surface area (TPSA) is 75.7 Å². The SMILES string of the molecule is CC(C)(C)OC(=O)N1CCc2sc(S(=O)(=O)N[Si](C)(C)C(C)(C)C)c(F)c2C1. The van der Waals surface area contributed by atoms with Gasteiger partial charge in [0, 0.05) is 23.4 Å². The number of carbonyl (C=O) groups is 1. The molecule has 0 saturated carbocycles.